The van der Waals surface area contributed by atoms with E-state index in [0.29, 0.717) is 6.54 Å². The normalized spacial score (nSPS) is 10.1. The Balaban J connectivity index is 2.07. The number of nitrogens with zero attached hydrogens (tertiary/aromatic N) is 5. The maximum atomic E-state index is 12.1. The number of nitro groups is 1. The minimum atomic E-state index is -0.640. The third-order valence-electron chi connectivity index (χ3n) is 2.83. The van der Waals surface area contributed by atoms with Gasteiger partial charge in [-0.25, -0.2) is 0 Å². The molecule has 1 amide bonds. The van der Waals surface area contributed by atoms with E-state index in [0.717, 1.165) is 6.07 Å². The van der Waals surface area contributed by atoms with Gasteiger partial charge in [0, 0.05) is 11.6 Å². The van der Waals surface area contributed by atoms with Crippen molar-refractivity contribution in [1.82, 2.24) is 25.5 Å². The second-order valence-corrected chi connectivity index (χ2v) is 4.76. The summed E-state index contributed by atoms with van der Waals surface area (Å²) in [6.45, 7) is 2.37. The Kier molecular flexibility index (Phi) is 5.31. The van der Waals surface area contributed by atoms with E-state index in [1.807, 2.05) is 6.92 Å². The summed E-state index contributed by atoms with van der Waals surface area (Å²) in [6, 6.07) is 3.82. The van der Waals surface area contributed by atoms with Gasteiger partial charge in [-0.3, -0.25) is 25.5 Å². The molecule has 0 aliphatic heterocycles. The van der Waals surface area contributed by atoms with E-state index in [1.165, 1.54) is 24.0 Å². The van der Waals surface area contributed by atoms with Crippen molar-refractivity contribution < 1.29 is 14.5 Å². The van der Waals surface area contributed by atoms with Crippen molar-refractivity contribution in [3.63, 3.8) is 0 Å². The first kappa shape index (κ1) is 17.2. The molecule has 0 unspecified atom stereocenters. The minimum Gasteiger partial charge on any atom is -0.490 e. The molecule has 0 atom stereocenters. The number of aryl methyl sites for hydroxylation is 1. The summed E-state index contributed by atoms with van der Waals surface area (Å²) in [7, 11) is 1.30. The van der Waals surface area contributed by atoms with Crippen LogP contribution in [0.2, 0.25) is 0 Å². The molecule has 1 aromatic carbocycles. The van der Waals surface area contributed by atoms with Crippen molar-refractivity contribution >= 4 is 34.9 Å². The lowest BCUT2D eigenvalue weighted by atomic mass is 10.2. The molecule has 0 bridgehead atoms. The number of ether oxygens (including phenoxy) is 1. The molecule has 0 aliphatic carbocycles. The zero-order valence-electron chi connectivity index (χ0n) is 12.7. The van der Waals surface area contributed by atoms with E-state index in [-0.39, 0.29) is 28.1 Å². The van der Waals surface area contributed by atoms with Crippen molar-refractivity contribution in [2.45, 2.75) is 13.5 Å². The molecular formula is C12H13N7O4S. The van der Waals surface area contributed by atoms with Crippen LogP contribution in [0.3, 0.4) is 0 Å². The van der Waals surface area contributed by atoms with Gasteiger partial charge in [-0.05, 0) is 36.5 Å². The van der Waals surface area contributed by atoms with Crippen molar-refractivity contribution in [3.05, 3.63) is 33.9 Å². The first-order chi connectivity index (χ1) is 11.4. The van der Waals surface area contributed by atoms with E-state index in [2.05, 4.69) is 26.0 Å². The number of carbonyl (C=O) groups is 1. The molecule has 1 aromatic heterocycles. The van der Waals surface area contributed by atoms with Gasteiger partial charge in [0.15, 0.2) is 10.9 Å². The summed E-state index contributed by atoms with van der Waals surface area (Å²) in [6.07, 6.45) is 0. The van der Waals surface area contributed by atoms with Gasteiger partial charge in [-0.15, -0.1) is 5.10 Å². The number of thiocarbonyl (C=S) groups is 1. The Morgan fingerprint density at radius 1 is 1.50 bits per heavy atom. The number of benzene rings is 1. The summed E-state index contributed by atoms with van der Waals surface area (Å²) in [5.41, 5.74) is -0.270. The zero-order chi connectivity index (χ0) is 17.7. The van der Waals surface area contributed by atoms with Gasteiger partial charge in [0.05, 0.1) is 18.6 Å². The SMILES string of the molecule is CCn1nnc(NC(=S)NC(=O)c2ccc(OC)c([N+](=O)[O-])c2)n1. The van der Waals surface area contributed by atoms with Crippen LogP contribution in [0.4, 0.5) is 11.6 Å². The molecule has 0 saturated carbocycles. The lowest BCUT2D eigenvalue weighted by molar-refractivity contribution is -0.385. The van der Waals surface area contributed by atoms with Crippen LogP contribution in [-0.2, 0) is 6.54 Å². The van der Waals surface area contributed by atoms with Gasteiger partial charge in [0.2, 0.25) is 0 Å². The molecule has 0 aliphatic rings. The highest BCUT2D eigenvalue weighted by atomic mass is 32.1. The van der Waals surface area contributed by atoms with Gasteiger partial charge in [0.1, 0.15) is 0 Å². The predicted molar refractivity (Wildman–Crippen MR) is 86.8 cm³/mol. The van der Waals surface area contributed by atoms with Gasteiger partial charge < -0.3 is 4.74 Å². The van der Waals surface area contributed by atoms with Crippen LogP contribution in [0.15, 0.2) is 18.2 Å². The number of aromatic nitrogens is 4. The quantitative estimate of drug-likeness (QED) is 0.454. The topological polar surface area (TPSA) is 137 Å². The Morgan fingerprint density at radius 2 is 2.25 bits per heavy atom. The van der Waals surface area contributed by atoms with Gasteiger partial charge in [-0.1, -0.05) is 5.10 Å². The fourth-order valence-corrected chi connectivity index (χ4v) is 1.89. The van der Waals surface area contributed by atoms with Crippen LogP contribution in [0.5, 0.6) is 5.75 Å². The Morgan fingerprint density at radius 3 is 2.83 bits per heavy atom. The third-order valence-corrected chi connectivity index (χ3v) is 3.03. The smallest absolute Gasteiger partial charge is 0.311 e. The molecule has 2 rings (SSSR count). The van der Waals surface area contributed by atoms with Crippen molar-refractivity contribution in [2.24, 2.45) is 0 Å². The second-order valence-electron chi connectivity index (χ2n) is 4.35. The van der Waals surface area contributed by atoms with E-state index in [4.69, 9.17) is 17.0 Å². The molecule has 0 spiro atoms. The zero-order valence-corrected chi connectivity index (χ0v) is 13.5. The fraction of sp³-hybridized carbons (Fsp3) is 0.250. The average molecular weight is 351 g/mol. The molecule has 2 N–H and O–H groups in total. The van der Waals surface area contributed by atoms with Crippen molar-refractivity contribution in [2.75, 3.05) is 12.4 Å². The second kappa shape index (κ2) is 7.41. The number of methoxy groups -OCH3 is 1. The number of tetrazole rings is 1. The van der Waals surface area contributed by atoms with E-state index in [1.54, 1.807) is 0 Å². The van der Waals surface area contributed by atoms with Gasteiger partial charge >= 0.3 is 5.69 Å². The van der Waals surface area contributed by atoms with Crippen LogP contribution < -0.4 is 15.4 Å². The summed E-state index contributed by atoms with van der Waals surface area (Å²) in [5.74, 6) is -0.443. The van der Waals surface area contributed by atoms with Gasteiger partial charge in [-0.2, -0.15) is 4.80 Å². The van der Waals surface area contributed by atoms with Crippen LogP contribution >= 0.6 is 12.2 Å². The number of hydrogen-bond donors (Lipinski definition) is 2. The molecule has 12 heteroatoms. The molecule has 2 aromatic rings. The largest absolute Gasteiger partial charge is 0.490 e. The third kappa shape index (κ3) is 3.98. The molecule has 126 valence electrons. The number of rotatable bonds is 5. The molecule has 0 fully saturated rings. The van der Waals surface area contributed by atoms with E-state index < -0.39 is 10.8 Å². The summed E-state index contributed by atoms with van der Waals surface area (Å²) >= 11 is 4.97. The first-order valence-electron chi connectivity index (χ1n) is 6.67. The molecule has 0 saturated heterocycles. The van der Waals surface area contributed by atoms with Crippen LogP contribution in [0, 0.1) is 10.1 Å². The number of nitro benzene ring substituents is 1. The van der Waals surface area contributed by atoms with Crippen molar-refractivity contribution in [3.8, 4) is 5.75 Å². The highest BCUT2D eigenvalue weighted by molar-refractivity contribution is 7.80. The van der Waals surface area contributed by atoms with Crippen LogP contribution in [0.1, 0.15) is 17.3 Å². The molecule has 1 heterocycles. The standard InChI is InChI=1S/C12H13N7O4S/c1-3-18-16-11(15-17-18)14-12(24)13-10(20)7-4-5-9(23-2)8(6-7)19(21)22/h4-6H,3H2,1-2H3,(H2,13,14,16,20,24). The lowest BCUT2D eigenvalue weighted by Gasteiger charge is -2.07. The fourth-order valence-electron chi connectivity index (χ4n) is 1.71. The van der Waals surface area contributed by atoms with E-state index in [9.17, 15) is 14.9 Å². The maximum Gasteiger partial charge on any atom is 0.311 e. The number of amides is 1. The lowest BCUT2D eigenvalue weighted by Crippen LogP contribution is -2.34. The predicted octanol–water partition coefficient (Wildman–Crippen LogP) is 0.737. The highest BCUT2D eigenvalue weighted by Crippen LogP contribution is 2.27. The first-order valence-corrected chi connectivity index (χ1v) is 7.08. The maximum absolute atomic E-state index is 12.1. The summed E-state index contributed by atoms with van der Waals surface area (Å²) < 4.78 is 4.88. The Labute approximate surface area is 141 Å². The number of anilines is 1. The highest BCUT2D eigenvalue weighted by Gasteiger charge is 2.19. The van der Waals surface area contributed by atoms with Crippen molar-refractivity contribution in [1.29, 1.82) is 0 Å². The number of carbonyl (C=O) groups excluding carboxylic acids is 1. The molecule has 24 heavy (non-hydrogen) atoms. The number of nitrogens with one attached hydrogen (secondary N) is 2. The molecule has 11 nitrogen and oxygen atoms in total. The molecular weight excluding hydrogens is 338 g/mol. The molecule has 0 radical (unpaired) electrons. The monoisotopic (exact) mass is 351 g/mol. The Hall–Kier alpha value is -3.15. The minimum absolute atomic E-state index is 0.0526. The van der Waals surface area contributed by atoms with Crippen LogP contribution in [-0.4, -0.2) is 43.3 Å². The summed E-state index contributed by atoms with van der Waals surface area (Å²) in [5, 5.41) is 27.3. The number of hydrogen-bond acceptors (Lipinski definition) is 8. The Bertz CT molecular complexity index is 791. The van der Waals surface area contributed by atoms with Crippen LogP contribution in [0.25, 0.3) is 0 Å². The summed E-state index contributed by atoms with van der Waals surface area (Å²) in [4.78, 5) is 23.8. The van der Waals surface area contributed by atoms with E-state index >= 15 is 0 Å². The van der Waals surface area contributed by atoms with Gasteiger partial charge in [0.25, 0.3) is 11.9 Å². The average Bonchev–Trinajstić information content (AvgIpc) is 3.01.